The van der Waals surface area contributed by atoms with Crippen molar-refractivity contribution in [3.8, 4) is 0 Å². The van der Waals surface area contributed by atoms with Gasteiger partial charge in [-0.2, -0.15) is 0 Å². The third-order valence-electron chi connectivity index (χ3n) is 32.2. The molecule has 12 rings (SSSR count). The Balaban J connectivity index is 0.000000196. The Morgan fingerprint density at radius 1 is 0.405 bits per heavy atom. The molecular weight excluding hydrogens is 1570 g/mol. The molecule has 2 N–H and O–H groups in total. The fourth-order valence-electron chi connectivity index (χ4n) is 20.8. The number of fused-ring (bicyclic) bond motifs is 3. The van der Waals surface area contributed by atoms with Crippen LogP contribution in [0.5, 0.6) is 0 Å². The van der Waals surface area contributed by atoms with Crippen LogP contribution in [0.1, 0.15) is 280 Å². The van der Waals surface area contributed by atoms with E-state index in [9.17, 15) is 15.0 Å². The first-order chi connectivity index (χ1) is 56.1. The molecule has 0 aliphatic heterocycles. The van der Waals surface area contributed by atoms with Crippen molar-refractivity contribution in [2.75, 3.05) is 6.61 Å². The van der Waals surface area contributed by atoms with Crippen molar-refractivity contribution >= 4 is 62.5 Å². The van der Waals surface area contributed by atoms with Crippen molar-refractivity contribution in [3.05, 3.63) is 219 Å². The lowest BCUT2D eigenvalue weighted by Crippen LogP contribution is -2.49. The molecule has 12 atom stereocenters. The van der Waals surface area contributed by atoms with E-state index in [1.165, 1.54) is 114 Å². The minimum Gasteiger partial charge on any atom is -0.410 e. The van der Waals surface area contributed by atoms with Crippen LogP contribution >= 0.6 is 7.49 Å². The van der Waals surface area contributed by atoms with Crippen molar-refractivity contribution in [2.45, 2.75) is 389 Å². The Bertz CT molecular complexity index is 4190. The lowest BCUT2D eigenvalue weighted by molar-refractivity contribution is -0.127. The SMILES string of the molecule is C=C1[C@@H](O[Si](C)(C)C(C)(C)C)CC(=CCO[P+](c2ccccc2)(c2ccccc2)c2ccccc2)C[C@H]1O[Si](C)(C)C(C)(C)C.C=C1[C@H](O)CC(=C/C=C2\CCC[C@]3(C)C(=C(C)C)CC[C@@H]23)C[C@H]1O.C=C1[C@H](O[Si](C)(C)C(C)(C)C)CC(=C/C=C2\CCC[C@]3(C)C(=C(C)C)CC[C@@H]23)C[C@H]1O[Si](C)(C)C(C)(C)C.CC(C)=C1CC[C@H]2C(=O)CCC[C@]12C. The molecule has 0 amide bonds. The van der Waals surface area contributed by atoms with Gasteiger partial charge in [-0.05, 0) is 324 Å². The fraction of sp³-hybridized carbons (Fsp3) is 0.620. The number of hydrogen-bond donors (Lipinski definition) is 2. The predicted molar refractivity (Wildman–Crippen MR) is 531 cm³/mol. The molecular formula is C108H168O8PSi4+. The quantitative estimate of drug-likeness (QED) is 0.0831. The summed E-state index contributed by atoms with van der Waals surface area (Å²) in [6.45, 7) is 81.1. The molecule has 0 aromatic heterocycles. The van der Waals surface area contributed by atoms with Gasteiger partial charge in [0.15, 0.2) is 33.3 Å². The minimum atomic E-state index is -2.39. The van der Waals surface area contributed by atoms with E-state index < -0.39 is 53.0 Å². The monoisotopic (exact) mass is 1740 g/mol. The molecule has 668 valence electrons. The number of Topliss-reactive ketones (excluding diaryl/α,β-unsaturated/α-hetero) is 1. The highest BCUT2D eigenvalue weighted by Gasteiger charge is 2.53. The van der Waals surface area contributed by atoms with Crippen LogP contribution in [0.25, 0.3) is 0 Å². The van der Waals surface area contributed by atoms with Gasteiger partial charge in [-0.15, -0.1) is 0 Å². The highest BCUT2D eigenvalue weighted by Crippen LogP contribution is 2.62. The smallest absolute Gasteiger partial charge is 0.242 e. The zero-order chi connectivity index (χ0) is 89.8. The van der Waals surface area contributed by atoms with Gasteiger partial charge in [0.2, 0.25) is 7.49 Å². The topological polar surface area (TPSA) is 104 Å². The van der Waals surface area contributed by atoms with Crippen LogP contribution in [-0.4, -0.2) is 92.5 Å². The third-order valence-corrected chi connectivity index (χ3v) is 53.8. The summed E-state index contributed by atoms with van der Waals surface area (Å²) >= 11 is 0. The van der Waals surface area contributed by atoms with Crippen molar-refractivity contribution in [1.29, 1.82) is 0 Å². The highest BCUT2D eigenvalue weighted by atomic mass is 31.2. The number of carbonyl (C=O) groups excluding carboxylic acids is 1. The summed E-state index contributed by atoms with van der Waals surface area (Å²) < 4.78 is 35.5. The molecule has 9 aliphatic rings. The van der Waals surface area contributed by atoms with Crippen LogP contribution in [0, 0.1) is 34.0 Å². The van der Waals surface area contributed by atoms with Gasteiger partial charge >= 0.3 is 0 Å². The summed E-state index contributed by atoms with van der Waals surface area (Å²) in [4.78, 5) is 11.8. The van der Waals surface area contributed by atoms with Crippen LogP contribution in [0.2, 0.25) is 72.5 Å². The molecule has 0 heterocycles. The number of ketones is 1. The largest absolute Gasteiger partial charge is 0.410 e. The average Bonchev–Trinajstić information content (AvgIpc) is 0.770. The Morgan fingerprint density at radius 2 is 0.686 bits per heavy atom. The van der Waals surface area contributed by atoms with Gasteiger partial charge in [-0.25, -0.2) is 4.52 Å². The zero-order valence-electron chi connectivity index (χ0n) is 81.7. The first-order valence-corrected chi connectivity index (χ1v) is 60.2. The second kappa shape index (κ2) is 39.6. The molecule has 121 heavy (non-hydrogen) atoms. The summed E-state index contributed by atoms with van der Waals surface area (Å²) in [6, 6.07) is 32.3. The van der Waals surface area contributed by atoms with E-state index in [0.717, 1.165) is 62.5 Å². The number of rotatable bonds is 16. The maximum atomic E-state index is 11.8. The van der Waals surface area contributed by atoms with Crippen molar-refractivity contribution in [1.82, 2.24) is 0 Å². The fourth-order valence-corrected chi connectivity index (χ4v) is 29.4. The zero-order valence-corrected chi connectivity index (χ0v) is 86.6. The van der Waals surface area contributed by atoms with Crippen LogP contribution in [0.15, 0.2) is 219 Å². The van der Waals surface area contributed by atoms with Gasteiger partial charge in [0.05, 0.1) is 36.6 Å². The maximum Gasteiger partial charge on any atom is 0.242 e. The molecule has 0 saturated heterocycles. The molecule has 0 spiro atoms. The predicted octanol–water partition coefficient (Wildman–Crippen LogP) is 29.2. The van der Waals surface area contributed by atoms with E-state index in [1.54, 1.807) is 33.4 Å². The minimum absolute atomic E-state index is 0.0458. The molecule has 0 bridgehead atoms. The van der Waals surface area contributed by atoms with Crippen LogP contribution in [0.4, 0.5) is 0 Å². The Morgan fingerprint density at radius 3 is 0.992 bits per heavy atom. The van der Waals surface area contributed by atoms with Crippen LogP contribution < -0.4 is 15.9 Å². The van der Waals surface area contributed by atoms with Gasteiger partial charge in [-0.1, -0.05) is 270 Å². The summed E-state index contributed by atoms with van der Waals surface area (Å²) in [5.41, 5.74) is 20.5. The Labute approximate surface area is 743 Å². The standard InChI is InChI=1S/C39H56O3PSi2.C34H60O2Si2.C22H32O2.C13H20O/c1-31-36(41-44(8,9)38(2,3)4)29-32(30-37(31)42-45(10,11)39(5,6)7)27-28-40-43(33-21-15-12-16-22-33,34-23-17-13-18-24-34)35-25-19-14-20-26-35;1-24(2)28-19-20-29-27(16-15-21-34(28,29)10)18-17-26-22-30(35-37(11,12)32(4,5)6)25(3)31(23-26)36-38(13,14)33(7,8)9;1-14(2)18-9-10-19-17(6-5-11-22(18,19)4)8-7-16-12-20(23)15(3)21(24)13-16;1-9(2)10-6-7-11-12(14)5-4-8-13(10,11)3/h12-27,36-37H,1,28-30H2,2-11H3;17-18,29-31H,3,15-16,19-23H2,1-2,4-14H3;7-8,19-21,23-24H,3,5-6,9-13H2,1-2,4H3;11H,4-8H2,1-3H3/q+1;;;/b;27-18+;17-8+;/t36-,37+;29-,30+,31+,34+;19-,20+,21+,22+;11-,13+/m.000/s1. The molecule has 9 aliphatic carbocycles. The van der Waals surface area contributed by atoms with Crippen LogP contribution in [-0.2, 0) is 27.0 Å². The van der Waals surface area contributed by atoms with Crippen LogP contribution in [0.3, 0.4) is 0 Å². The van der Waals surface area contributed by atoms with Crippen molar-refractivity contribution < 1.29 is 37.2 Å². The summed E-state index contributed by atoms with van der Waals surface area (Å²) in [5, 5.41) is 24.2. The average molecular weight is 1740 g/mol. The number of hydrogen-bond acceptors (Lipinski definition) is 8. The number of aliphatic hydroxyl groups is 2. The lowest BCUT2D eigenvalue weighted by atomic mass is 9.65. The van der Waals surface area contributed by atoms with Gasteiger partial charge in [0.25, 0.3) is 0 Å². The van der Waals surface area contributed by atoms with Gasteiger partial charge in [-0.3, -0.25) is 4.79 Å². The van der Waals surface area contributed by atoms with E-state index in [0.29, 0.717) is 59.4 Å². The van der Waals surface area contributed by atoms with Crippen molar-refractivity contribution in [3.63, 3.8) is 0 Å². The summed E-state index contributed by atoms with van der Waals surface area (Å²) in [5.74, 6) is 2.24. The van der Waals surface area contributed by atoms with Crippen molar-refractivity contribution in [2.24, 2.45) is 34.0 Å². The third kappa shape index (κ3) is 23.0. The molecule has 3 aromatic rings. The summed E-state index contributed by atoms with van der Waals surface area (Å²) in [7, 11) is -10.4. The Kier molecular flexibility index (Phi) is 32.8. The van der Waals surface area contributed by atoms with Gasteiger partial charge < -0.3 is 27.9 Å². The number of aliphatic hydroxyl groups excluding tert-OH is 2. The molecule has 0 unspecified atom stereocenters. The van der Waals surface area contributed by atoms with Gasteiger partial charge in [0, 0.05) is 12.3 Å². The van der Waals surface area contributed by atoms with Gasteiger partial charge in [0.1, 0.15) is 28.3 Å². The number of carbonyl (C=O) groups is 1. The second-order valence-electron chi connectivity index (χ2n) is 45.3. The number of benzene rings is 3. The number of allylic oxidation sites excluding steroid dienone is 12. The first-order valence-electron chi connectivity index (χ1n) is 46.9. The van der Waals surface area contributed by atoms with E-state index >= 15 is 0 Å². The molecule has 3 aromatic carbocycles. The lowest BCUT2D eigenvalue weighted by Gasteiger charge is -2.46. The first kappa shape index (κ1) is 100. The van der Waals surface area contributed by atoms with E-state index in [4.69, 9.17) is 22.2 Å². The van der Waals surface area contributed by atoms with E-state index in [-0.39, 0.29) is 50.0 Å². The van der Waals surface area contributed by atoms with E-state index in [2.05, 4.69) is 339 Å². The normalized spacial score (nSPS) is 28.8. The summed E-state index contributed by atoms with van der Waals surface area (Å²) in [6.07, 6.45) is 33.6. The molecule has 0 radical (unpaired) electrons. The molecule has 9 fully saturated rings. The highest BCUT2D eigenvalue weighted by molar-refractivity contribution is 7.91. The molecule has 13 heteroatoms. The Hall–Kier alpha value is -4.51. The second-order valence-corrected chi connectivity index (χ2v) is 67.4. The molecule has 9 saturated carbocycles. The maximum absolute atomic E-state index is 11.8. The van der Waals surface area contributed by atoms with E-state index in [1.807, 2.05) is 0 Å². The molecule has 8 nitrogen and oxygen atoms in total.